The number of rotatable bonds is 3. The number of fused-ring (bicyclic) bond motifs is 2. The van der Waals surface area contributed by atoms with Gasteiger partial charge in [0.1, 0.15) is 15.8 Å². The van der Waals surface area contributed by atoms with Crippen molar-refractivity contribution in [3.63, 3.8) is 0 Å². The lowest BCUT2D eigenvalue weighted by molar-refractivity contribution is 0.415. The highest BCUT2D eigenvalue weighted by Gasteiger charge is 2.33. The fourth-order valence-electron chi connectivity index (χ4n) is 2.79. The molecule has 0 spiro atoms. The number of thiophene rings is 1. The van der Waals surface area contributed by atoms with Crippen LogP contribution >= 0.6 is 11.3 Å². The van der Waals surface area contributed by atoms with E-state index >= 15 is 0 Å². The number of anilines is 1. The minimum absolute atomic E-state index is 0.345. The summed E-state index contributed by atoms with van der Waals surface area (Å²) in [5.41, 5.74) is 1.69. The first-order valence-corrected chi connectivity index (χ1v) is 9.45. The first kappa shape index (κ1) is 14.5. The largest absolute Gasteiger partial charge is 0.497 e. The van der Waals surface area contributed by atoms with Crippen molar-refractivity contribution in [1.29, 1.82) is 0 Å². The van der Waals surface area contributed by atoms with Gasteiger partial charge in [-0.3, -0.25) is 0 Å². The van der Waals surface area contributed by atoms with Gasteiger partial charge in [0, 0.05) is 18.0 Å². The number of methoxy groups -OCH3 is 1. The van der Waals surface area contributed by atoms with Gasteiger partial charge in [0.05, 0.1) is 12.6 Å². The summed E-state index contributed by atoms with van der Waals surface area (Å²) in [5, 5.41) is 2.75. The lowest BCUT2D eigenvalue weighted by atomic mass is 10.1. The molecule has 0 fully saturated rings. The molecule has 118 valence electrons. The van der Waals surface area contributed by atoms with Crippen LogP contribution in [0.5, 0.6) is 5.75 Å². The van der Waals surface area contributed by atoms with Crippen molar-refractivity contribution >= 4 is 38.1 Å². The van der Waals surface area contributed by atoms with Gasteiger partial charge >= 0.3 is 0 Å². The Morgan fingerprint density at radius 3 is 2.87 bits per heavy atom. The summed E-state index contributed by atoms with van der Waals surface area (Å²) in [5.74, 6) is 1.23. The van der Waals surface area contributed by atoms with E-state index in [0.29, 0.717) is 28.7 Å². The molecule has 0 saturated heterocycles. The summed E-state index contributed by atoms with van der Waals surface area (Å²) in [7, 11) is -1.94. The average Bonchev–Trinajstić information content (AvgIpc) is 3.22. The van der Waals surface area contributed by atoms with Gasteiger partial charge in [0.2, 0.25) is 0 Å². The van der Waals surface area contributed by atoms with E-state index in [1.165, 1.54) is 15.6 Å². The van der Waals surface area contributed by atoms with Crippen molar-refractivity contribution in [2.24, 2.45) is 0 Å². The molecule has 1 aliphatic rings. The summed E-state index contributed by atoms with van der Waals surface area (Å²) >= 11 is 1.22. The quantitative estimate of drug-likeness (QED) is 0.731. The fraction of sp³-hybridized carbons (Fsp3) is 0.188. The lowest BCUT2D eigenvalue weighted by Gasteiger charge is -2.17. The molecule has 7 heteroatoms. The third-order valence-electron chi connectivity index (χ3n) is 3.94. The Kier molecular flexibility index (Phi) is 3.28. The van der Waals surface area contributed by atoms with Gasteiger partial charge in [-0.15, -0.1) is 11.3 Å². The molecule has 0 amide bonds. The van der Waals surface area contributed by atoms with Crippen LogP contribution < -0.4 is 9.04 Å². The highest BCUT2D eigenvalue weighted by Crippen LogP contribution is 2.35. The lowest BCUT2D eigenvalue weighted by Crippen LogP contribution is -2.29. The molecule has 0 atom stereocenters. The summed E-state index contributed by atoms with van der Waals surface area (Å²) in [6, 6.07) is 11.0. The van der Waals surface area contributed by atoms with Crippen LogP contribution in [-0.4, -0.2) is 27.1 Å². The zero-order valence-corrected chi connectivity index (χ0v) is 14.0. The smallest absolute Gasteiger partial charge is 0.275 e. The maximum absolute atomic E-state index is 12.8. The van der Waals surface area contributed by atoms with Crippen LogP contribution in [0.3, 0.4) is 0 Å². The molecule has 0 aliphatic carbocycles. The van der Waals surface area contributed by atoms with Gasteiger partial charge in [-0.1, -0.05) is 6.07 Å². The van der Waals surface area contributed by atoms with E-state index in [2.05, 4.69) is 4.98 Å². The zero-order chi connectivity index (χ0) is 16.0. The van der Waals surface area contributed by atoms with E-state index in [1.807, 2.05) is 24.3 Å². The number of sulfonamides is 1. The Balaban J connectivity index is 1.86. The molecule has 0 bridgehead atoms. The predicted molar refractivity (Wildman–Crippen MR) is 90.8 cm³/mol. The van der Waals surface area contributed by atoms with Crippen LogP contribution in [0.15, 0.2) is 46.0 Å². The third-order valence-corrected chi connectivity index (χ3v) is 7.10. The molecule has 3 aromatic rings. The predicted octanol–water partition coefficient (Wildman–Crippen LogP) is 3.06. The fourth-order valence-corrected chi connectivity index (χ4v) is 5.34. The Morgan fingerprint density at radius 2 is 2.13 bits per heavy atom. The monoisotopic (exact) mass is 346 g/mol. The minimum Gasteiger partial charge on any atom is -0.497 e. The topological polar surface area (TPSA) is 59.5 Å². The second-order valence-corrected chi connectivity index (χ2v) is 8.33. The number of pyridine rings is 1. The molecule has 3 heterocycles. The van der Waals surface area contributed by atoms with Gasteiger partial charge in [-0.2, -0.15) is 0 Å². The van der Waals surface area contributed by atoms with Crippen molar-refractivity contribution in [3.05, 3.63) is 47.3 Å². The SMILES string of the molecule is COc1ccc2cc3c(nc2c1)N(S(=O)(=O)c1cccs1)CC3. The van der Waals surface area contributed by atoms with E-state index in [-0.39, 0.29) is 0 Å². The summed E-state index contributed by atoms with van der Waals surface area (Å²) < 4.78 is 32.6. The molecule has 5 nitrogen and oxygen atoms in total. The van der Waals surface area contributed by atoms with Gasteiger partial charge in [0.15, 0.2) is 0 Å². The number of hydrogen-bond acceptors (Lipinski definition) is 5. The van der Waals surface area contributed by atoms with Crippen LogP contribution in [0.4, 0.5) is 5.82 Å². The Hall–Kier alpha value is -2.12. The molecule has 23 heavy (non-hydrogen) atoms. The maximum atomic E-state index is 12.8. The standard InChI is InChI=1S/C16H14N2O3S2/c1-21-13-5-4-11-9-12-6-7-18(16(12)17-14(11)10-13)23(19,20)15-3-2-8-22-15/h2-5,8-10H,6-7H2,1H3. The molecule has 0 radical (unpaired) electrons. The molecular formula is C16H14N2O3S2. The van der Waals surface area contributed by atoms with Crippen molar-refractivity contribution in [2.75, 3.05) is 18.0 Å². The molecule has 1 aliphatic heterocycles. The second kappa shape index (κ2) is 5.21. The highest BCUT2D eigenvalue weighted by molar-refractivity contribution is 7.94. The summed E-state index contributed by atoms with van der Waals surface area (Å²) in [4.78, 5) is 4.59. The van der Waals surface area contributed by atoms with E-state index in [1.54, 1.807) is 24.6 Å². The van der Waals surface area contributed by atoms with E-state index < -0.39 is 10.0 Å². The van der Waals surface area contributed by atoms with Crippen LogP contribution in [0, 0.1) is 0 Å². The molecule has 4 rings (SSSR count). The van der Waals surface area contributed by atoms with E-state index in [0.717, 1.165) is 16.5 Å². The van der Waals surface area contributed by atoms with Crippen molar-refractivity contribution in [2.45, 2.75) is 10.6 Å². The first-order valence-electron chi connectivity index (χ1n) is 7.13. The number of aromatic nitrogens is 1. The van der Waals surface area contributed by atoms with Crippen molar-refractivity contribution in [1.82, 2.24) is 4.98 Å². The van der Waals surface area contributed by atoms with Crippen molar-refractivity contribution < 1.29 is 13.2 Å². The Labute approximate surface area is 138 Å². The first-order chi connectivity index (χ1) is 11.1. The molecule has 0 unspecified atom stereocenters. The Bertz CT molecular complexity index is 982. The second-order valence-electron chi connectivity index (χ2n) is 5.29. The van der Waals surface area contributed by atoms with E-state index in [4.69, 9.17) is 4.74 Å². The maximum Gasteiger partial charge on any atom is 0.275 e. The highest BCUT2D eigenvalue weighted by atomic mass is 32.2. The Morgan fingerprint density at radius 1 is 1.26 bits per heavy atom. The number of benzene rings is 1. The number of ether oxygens (including phenoxy) is 1. The summed E-state index contributed by atoms with van der Waals surface area (Å²) in [6.07, 6.45) is 0.676. The molecule has 0 saturated carbocycles. The van der Waals surface area contributed by atoms with Crippen LogP contribution in [0.1, 0.15) is 5.56 Å². The van der Waals surface area contributed by atoms with Gasteiger partial charge < -0.3 is 4.74 Å². The minimum atomic E-state index is -3.54. The molecule has 2 aromatic heterocycles. The zero-order valence-electron chi connectivity index (χ0n) is 12.4. The van der Waals surface area contributed by atoms with Crippen molar-refractivity contribution in [3.8, 4) is 5.75 Å². The molecule has 0 N–H and O–H groups in total. The third kappa shape index (κ3) is 2.27. The van der Waals surface area contributed by atoms with Gasteiger partial charge in [-0.05, 0) is 41.6 Å². The van der Waals surface area contributed by atoms with Crippen LogP contribution in [0.2, 0.25) is 0 Å². The van der Waals surface area contributed by atoms with Gasteiger partial charge in [-0.25, -0.2) is 17.7 Å². The van der Waals surface area contributed by atoms with Gasteiger partial charge in [0.25, 0.3) is 10.0 Å². The number of nitrogens with zero attached hydrogens (tertiary/aromatic N) is 2. The van der Waals surface area contributed by atoms with E-state index in [9.17, 15) is 8.42 Å². The molecular weight excluding hydrogens is 332 g/mol. The average molecular weight is 346 g/mol. The normalized spacial score (nSPS) is 14.2. The van der Waals surface area contributed by atoms with Crippen LogP contribution in [0.25, 0.3) is 10.9 Å². The number of hydrogen-bond donors (Lipinski definition) is 0. The van der Waals surface area contributed by atoms with Crippen LogP contribution in [-0.2, 0) is 16.4 Å². The summed E-state index contributed by atoms with van der Waals surface area (Å²) in [6.45, 7) is 0.427. The molecule has 1 aromatic carbocycles.